The maximum Gasteiger partial charge on any atom is 0.264 e. The number of carbonyl (C=O) groups is 1. The standard InChI is InChI=1S/C22H21IN2O3S/c1-16-8-13-21(17(2)14-16)24-22(26)15-25(19-11-9-18(23)10-12-19)29(27,28)20-6-4-3-5-7-20/h3-14H,15H2,1-2H3,(H,24,26). The summed E-state index contributed by atoms with van der Waals surface area (Å²) >= 11 is 2.15. The van der Waals surface area contributed by atoms with Gasteiger partial charge in [-0.3, -0.25) is 9.10 Å². The number of amides is 1. The first-order chi connectivity index (χ1) is 13.8. The van der Waals surface area contributed by atoms with Gasteiger partial charge in [0.05, 0.1) is 10.6 Å². The third-order valence-electron chi connectivity index (χ3n) is 4.39. The van der Waals surface area contributed by atoms with Gasteiger partial charge in [-0.15, -0.1) is 0 Å². The molecule has 1 N–H and O–H groups in total. The van der Waals surface area contributed by atoms with Crippen LogP contribution in [0.3, 0.4) is 0 Å². The molecule has 0 unspecified atom stereocenters. The van der Waals surface area contributed by atoms with E-state index >= 15 is 0 Å². The molecule has 0 bridgehead atoms. The predicted molar refractivity (Wildman–Crippen MR) is 125 cm³/mol. The molecule has 29 heavy (non-hydrogen) atoms. The van der Waals surface area contributed by atoms with E-state index in [0.29, 0.717) is 11.4 Å². The van der Waals surface area contributed by atoms with E-state index in [1.807, 2.05) is 44.2 Å². The molecule has 0 aliphatic rings. The first-order valence-corrected chi connectivity index (χ1v) is 11.5. The number of rotatable bonds is 6. The summed E-state index contributed by atoms with van der Waals surface area (Å²) in [6.07, 6.45) is 0. The van der Waals surface area contributed by atoms with Crippen molar-refractivity contribution in [1.82, 2.24) is 0 Å². The molecule has 0 aromatic heterocycles. The fourth-order valence-corrected chi connectivity index (χ4v) is 4.72. The maximum atomic E-state index is 13.3. The van der Waals surface area contributed by atoms with Crippen LogP contribution in [0.4, 0.5) is 11.4 Å². The molecule has 0 saturated heterocycles. The maximum absolute atomic E-state index is 13.3. The molecule has 0 fully saturated rings. The Bertz CT molecular complexity index is 1110. The summed E-state index contributed by atoms with van der Waals surface area (Å²) in [5, 5.41) is 2.83. The molecule has 0 radical (unpaired) electrons. The van der Waals surface area contributed by atoms with Gasteiger partial charge in [-0.2, -0.15) is 0 Å². The molecule has 0 saturated carbocycles. The van der Waals surface area contributed by atoms with Crippen LogP contribution in [0, 0.1) is 17.4 Å². The Morgan fingerprint density at radius 2 is 1.62 bits per heavy atom. The topological polar surface area (TPSA) is 66.5 Å². The van der Waals surface area contributed by atoms with Crippen molar-refractivity contribution in [3.05, 3.63) is 87.5 Å². The minimum Gasteiger partial charge on any atom is -0.324 e. The lowest BCUT2D eigenvalue weighted by Gasteiger charge is -2.24. The van der Waals surface area contributed by atoms with Crippen LogP contribution in [0.1, 0.15) is 11.1 Å². The van der Waals surface area contributed by atoms with Gasteiger partial charge in [-0.25, -0.2) is 8.42 Å². The first-order valence-electron chi connectivity index (χ1n) is 8.98. The number of carbonyl (C=O) groups excluding carboxylic acids is 1. The molecule has 0 spiro atoms. The normalized spacial score (nSPS) is 11.1. The lowest BCUT2D eigenvalue weighted by molar-refractivity contribution is -0.114. The van der Waals surface area contributed by atoms with Crippen LogP contribution in [0.25, 0.3) is 0 Å². The SMILES string of the molecule is Cc1ccc(NC(=O)CN(c2ccc(I)cc2)S(=O)(=O)c2ccccc2)c(C)c1. The molecule has 3 aromatic rings. The quantitative estimate of drug-likeness (QED) is 0.478. The van der Waals surface area contributed by atoms with Crippen LogP contribution in [-0.4, -0.2) is 20.9 Å². The molecule has 5 nitrogen and oxygen atoms in total. The van der Waals surface area contributed by atoms with Gasteiger partial charge in [0.2, 0.25) is 5.91 Å². The molecule has 0 heterocycles. The van der Waals surface area contributed by atoms with Crippen molar-refractivity contribution in [1.29, 1.82) is 0 Å². The molecule has 0 aliphatic heterocycles. The van der Waals surface area contributed by atoms with Crippen molar-refractivity contribution in [3.63, 3.8) is 0 Å². The van der Waals surface area contributed by atoms with E-state index in [-0.39, 0.29) is 11.4 Å². The van der Waals surface area contributed by atoms with Crippen LogP contribution >= 0.6 is 22.6 Å². The van der Waals surface area contributed by atoms with Crippen LogP contribution in [0.15, 0.2) is 77.7 Å². The second-order valence-electron chi connectivity index (χ2n) is 6.67. The Kier molecular flexibility index (Phi) is 6.59. The number of anilines is 2. The Balaban J connectivity index is 1.93. The summed E-state index contributed by atoms with van der Waals surface area (Å²) < 4.78 is 28.6. The van der Waals surface area contributed by atoms with Gasteiger partial charge in [0.1, 0.15) is 6.54 Å². The minimum atomic E-state index is -3.90. The monoisotopic (exact) mass is 520 g/mol. The average molecular weight is 520 g/mol. The van der Waals surface area contributed by atoms with E-state index in [2.05, 4.69) is 27.9 Å². The molecule has 0 aliphatic carbocycles. The second kappa shape index (κ2) is 8.96. The molecule has 3 aromatic carbocycles. The smallest absolute Gasteiger partial charge is 0.264 e. The van der Waals surface area contributed by atoms with Crippen LogP contribution in [0.5, 0.6) is 0 Å². The van der Waals surface area contributed by atoms with Gasteiger partial charge in [0, 0.05) is 9.26 Å². The Hall–Kier alpha value is -2.39. The summed E-state index contributed by atoms with van der Waals surface area (Å²) in [5.74, 6) is -0.407. The van der Waals surface area contributed by atoms with Crippen molar-refractivity contribution < 1.29 is 13.2 Å². The average Bonchev–Trinajstić information content (AvgIpc) is 2.70. The van der Waals surface area contributed by atoms with Crippen molar-refractivity contribution in [2.45, 2.75) is 18.7 Å². The number of aryl methyl sites for hydroxylation is 2. The van der Waals surface area contributed by atoms with Crippen LogP contribution in [0.2, 0.25) is 0 Å². The molecular weight excluding hydrogens is 499 g/mol. The summed E-state index contributed by atoms with van der Waals surface area (Å²) in [6, 6.07) is 20.8. The van der Waals surface area contributed by atoms with E-state index < -0.39 is 15.9 Å². The molecule has 150 valence electrons. The first kappa shape index (κ1) is 21.3. The lowest BCUT2D eigenvalue weighted by atomic mass is 10.1. The van der Waals surface area contributed by atoms with Gasteiger partial charge in [0.15, 0.2) is 0 Å². The highest BCUT2D eigenvalue weighted by Crippen LogP contribution is 2.25. The van der Waals surface area contributed by atoms with Crippen molar-refractivity contribution in [3.8, 4) is 0 Å². The van der Waals surface area contributed by atoms with E-state index in [0.717, 1.165) is 19.0 Å². The molecular formula is C22H21IN2O3S. The largest absolute Gasteiger partial charge is 0.324 e. The van der Waals surface area contributed by atoms with Crippen molar-refractivity contribution in [2.24, 2.45) is 0 Å². The van der Waals surface area contributed by atoms with E-state index in [1.165, 1.54) is 12.1 Å². The number of hydrogen-bond acceptors (Lipinski definition) is 3. The van der Waals surface area contributed by atoms with Gasteiger partial charge in [-0.1, -0.05) is 35.9 Å². The molecule has 1 amide bonds. The Morgan fingerprint density at radius 3 is 2.24 bits per heavy atom. The van der Waals surface area contributed by atoms with Gasteiger partial charge in [-0.05, 0) is 84.5 Å². The third-order valence-corrected chi connectivity index (χ3v) is 6.90. The number of sulfonamides is 1. The second-order valence-corrected chi connectivity index (χ2v) is 9.78. The van der Waals surface area contributed by atoms with Crippen LogP contribution < -0.4 is 9.62 Å². The number of benzene rings is 3. The number of nitrogens with zero attached hydrogens (tertiary/aromatic N) is 1. The number of nitrogens with one attached hydrogen (secondary N) is 1. The molecule has 3 rings (SSSR count). The van der Waals surface area contributed by atoms with E-state index in [1.54, 1.807) is 30.3 Å². The van der Waals surface area contributed by atoms with E-state index in [9.17, 15) is 13.2 Å². The van der Waals surface area contributed by atoms with Crippen molar-refractivity contribution in [2.75, 3.05) is 16.2 Å². The highest BCUT2D eigenvalue weighted by atomic mass is 127. The van der Waals surface area contributed by atoms with Gasteiger partial charge < -0.3 is 5.32 Å². The van der Waals surface area contributed by atoms with Gasteiger partial charge >= 0.3 is 0 Å². The summed E-state index contributed by atoms with van der Waals surface area (Å²) in [6.45, 7) is 3.55. The molecule has 0 atom stereocenters. The fourth-order valence-electron chi connectivity index (χ4n) is 2.92. The van der Waals surface area contributed by atoms with Crippen molar-refractivity contribution >= 4 is 49.9 Å². The zero-order chi connectivity index (χ0) is 21.0. The number of halogens is 1. The van der Waals surface area contributed by atoms with E-state index in [4.69, 9.17) is 0 Å². The predicted octanol–water partition coefficient (Wildman–Crippen LogP) is 4.74. The summed E-state index contributed by atoms with van der Waals surface area (Å²) in [5.41, 5.74) is 3.11. The van der Waals surface area contributed by atoms with Crippen LogP contribution in [-0.2, 0) is 14.8 Å². The lowest BCUT2D eigenvalue weighted by Crippen LogP contribution is -2.38. The van der Waals surface area contributed by atoms with Gasteiger partial charge in [0.25, 0.3) is 10.0 Å². The summed E-state index contributed by atoms with van der Waals surface area (Å²) in [4.78, 5) is 12.9. The summed E-state index contributed by atoms with van der Waals surface area (Å²) in [7, 11) is -3.90. The Labute approximate surface area is 184 Å². The highest BCUT2D eigenvalue weighted by Gasteiger charge is 2.27. The molecule has 7 heteroatoms. The fraction of sp³-hybridized carbons (Fsp3) is 0.136. The third kappa shape index (κ3) is 5.16. The highest BCUT2D eigenvalue weighted by molar-refractivity contribution is 14.1. The zero-order valence-electron chi connectivity index (χ0n) is 16.1. The minimum absolute atomic E-state index is 0.137. The number of hydrogen-bond donors (Lipinski definition) is 1. The Morgan fingerprint density at radius 1 is 0.966 bits per heavy atom. The zero-order valence-corrected chi connectivity index (χ0v) is 19.1.